The van der Waals surface area contributed by atoms with Crippen molar-refractivity contribution >= 4 is 49.4 Å². The number of fused-ring (bicyclic) bond motifs is 26. The Hall–Kier alpha value is -9.56. The second-order valence-electron chi connectivity index (χ2n) is 20.9. The van der Waals surface area contributed by atoms with E-state index < -0.39 is 10.8 Å². The monoisotopic (exact) mass is 947 g/mol. The van der Waals surface area contributed by atoms with E-state index in [2.05, 4.69) is 278 Å². The zero-order valence-corrected chi connectivity index (χ0v) is 40.9. The first kappa shape index (κ1) is 41.0. The highest BCUT2D eigenvalue weighted by Gasteiger charge is 2.53. The lowest BCUT2D eigenvalue weighted by Gasteiger charge is -2.34. The molecule has 0 atom stereocenters. The summed E-state index contributed by atoms with van der Waals surface area (Å²) in [4.78, 5) is 2.61. The van der Waals surface area contributed by atoms with Gasteiger partial charge in [0.05, 0.1) is 16.5 Å². The van der Waals surface area contributed by atoms with Gasteiger partial charge in [-0.2, -0.15) is 0 Å². The van der Waals surface area contributed by atoms with Crippen LogP contribution in [0.3, 0.4) is 0 Å². The van der Waals surface area contributed by atoms with Gasteiger partial charge in [0.15, 0.2) is 0 Å². The average molecular weight is 948 g/mol. The summed E-state index contributed by atoms with van der Waals surface area (Å²) in [7, 11) is 0. The third-order valence-electron chi connectivity index (χ3n) is 17.7. The Bertz CT molecular complexity index is 4470. The maximum atomic E-state index is 2.61. The lowest BCUT2D eigenvalue weighted by molar-refractivity contribution is 0.792. The Kier molecular flexibility index (Phi) is 8.20. The van der Waals surface area contributed by atoms with E-state index in [4.69, 9.17) is 0 Å². The maximum Gasteiger partial charge on any atom is 0.0726 e. The summed E-state index contributed by atoms with van der Waals surface area (Å²) in [6.45, 7) is 0. The molecule has 0 N–H and O–H groups in total. The largest absolute Gasteiger partial charge is 0.310 e. The molecule has 1 nitrogen and oxygen atoms in total. The first-order valence-corrected chi connectivity index (χ1v) is 26.3. The van der Waals surface area contributed by atoms with Crippen LogP contribution < -0.4 is 4.90 Å². The third-order valence-corrected chi connectivity index (χ3v) is 17.7. The second kappa shape index (κ2) is 15.0. The Morgan fingerprint density at radius 1 is 0.200 bits per heavy atom. The third kappa shape index (κ3) is 5.17. The fourth-order valence-electron chi connectivity index (χ4n) is 14.8. The predicted octanol–water partition coefficient (Wildman–Crippen LogP) is 19.0. The van der Waals surface area contributed by atoms with Crippen LogP contribution >= 0.6 is 0 Å². The molecule has 0 heterocycles. The molecule has 0 saturated heterocycles. The van der Waals surface area contributed by atoms with Gasteiger partial charge >= 0.3 is 0 Å². The van der Waals surface area contributed by atoms with Crippen LogP contribution in [0, 0.1) is 0 Å². The molecule has 0 aromatic heterocycles. The van der Waals surface area contributed by atoms with Crippen molar-refractivity contribution in [3.05, 3.63) is 317 Å². The molecule has 0 radical (unpaired) electrons. The highest BCUT2D eigenvalue weighted by atomic mass is 15.1. The van der Waals surface area contributed by atoms with Gasteiger partial charge in [-0.25, -0.2) is 0 Å². The number of anilines is 3. The van der Waals surface area contributed by atoms with E-state index in [1.165, 1.54) is 132 Å². The maximum absolute atomic E-state index is 2.61. The number of hydrogen-bond donors (Lipinski definition) is 0. The number of rotatable bonds is 4. The molecule has 0 aliphatic heterocycles. The van der Waals surface area contributed by atoms with Crippen LogP contribution in [0.4, 0.5) is 17.1 Å². The SMILES string of the molecule is c1ccc(-c2cc3c(cc2N(c2ccc4c(c2)C2(c5ccccc5-c5ccccc52)c2ccccc2-4)c2ccc4c5ccccc5c5ccccc5c4c2)C2(c4ccccc4-c4ccccc42)c2ccccc2-3)cc1. The summed E-state index contributed by atoms with van der Waals surface area (Å²) >= 11 is 0. The number of hydrogen-bond acceptors (Lipinski definition) is 1. The van der Waals surface area contributed by atoms with Crippen molar-refractivity contribution in [2.24, 2.45) is 0 Å². The highest BCUT2D eigenvalue weighted by Crippen LogP contribution is 2.66. The van der Waals surface area contributed by atoms with Crippen LogP contribution in [-0.4, -0.2) is 0 Å². The second-order valence-corrected chi connectivity index (χ2v) is 20.9. The summed E-state index contributed by atoms with van der Waals surface area (Å²) in [5, 5.41) is 7.54. The van der Waals surface area contributed by atoms with E-state index >= 15 is 0 Å². The normalized spacial score (nSPS) is 14.1. The van der Waals surface area contributed by atoms with Crippen LogP contribution in [-0.2, 0) is 10.8 Å². The van der Waals surface area contributed by atoms with Crippen molar-refractivity contribution in [2.45, 2.75) is 10.8 Å². The average Bonchev–Trinajstić information content (AvgIpc) is 4.35. The first-order chi connectivity index (χ1) is 37.2. The van der Waals surface area contributed by atoms with Gasteiger partial charge < -0.3 is 4.90 Å². The van der Waals surface area contributed by atoms with E-state index in [1.807, 2.05) is 0 Å². The van der Waals surface area contributed by atoms with Gasteiger partial charge in [-0.3, -0.25) is 0 Å². The Balaban J connectivity index is 1.02. The minimum Gasteiger partial charge on any atom is -0.310 e. The van der Waals surface area contributed by atoms with Gasteiger partial charge in [0.1, 0.15) is 0 Å². The molecule has 17 rings (SSSR count). The topological polar surface area (TPSA) is 3.24 Å². The zero-order chi connectivity index (χ0) is 49.0. The molecular weight excluding hydrogens is 903 g/mol. The molecule has 0 bridgehead atoms. The van der Waals surface area contributed by atoms with Crippen molar-refractivity contribution in [3.8, 4) is 55.6 Å². The molecule has 0 saturated carbocycles. The van der Waals surface area contributed by atoms with Crippen molar-refractivity contribution < 1.29 is 0 Å². The molecule has 0 amide bonds. The van der Waals surface area contributed by atoms with Crippen molar-refractivity contribution in [1.82, 2.24) is 0 Å². The number of nitrogens with zero attached hydrogens (tertiary/aromatic N) is 1. The fourth-order valence-corrected chi connectivity index (χ4v) is 14.8. The van der Waals surface area contributed by atoms with Crippen LogP contribution in [0.1, 0.15) is 44.5 Å². The minimum absolute atomic E-state index is 0.511. The molecule has 75 heavy (non-hydrogen) atoms. The smallest absolute Gasteiger partial charge is 0.0726 e. The van der Waals surface area contributed by atoms with E-state index in [9.17, 15) is 0 Å². The molecule has 13 aromatic carbocycles. The summed E-state index contributed by atoms with van der Waals surface area (Å²) < 4.78 is 0. The van der Waals surface area contributed by atoms with Gasteiger partial charge in [0, 0.05) is 16.9 Å². The van der Waals surface area contributed by atoms with Gasteiger partial charge in [0.2, 0.25) is 0 Å². The van der Waals surface area contributed by atoms with Gasteiger partial charge in [0.25, 0.3) is 0 Å². The molecule has 0 fully saturated rings. The van der Waals surface area contributed by atoms with Crippen LogP contribution in [0.15, 0.2) is 273 Å². The van der Waals surface area contributed by atoms with Gasteiger partial charge in [-0.05, 0) is 163 Å². The first-order valence-electron chi connectivity index (χ1n) is 26.3. The standard InChI is InChI=1S/C74H45N/c1-2-20-46(21-3-1)61-44-63-59-31-13-19-37-69(59)74(66-34-16-10-28-56(66)57-29-11-17-35-67(57)74)71(63)45-72(61)75(47-38-40-53-51-24-5-4-22-49(51)50-23-6-7-25-52(50)62(53)42-47)48-39-41-60-58-30-12-18-36-68(58)73(70(60)43-48)64-32-14-8-26-54(64)55-27-9-15-33-65(55)73/h1-45H. The fraction of sp³-hybridized carbons (Fsp3) is 0.0270. The summed E-state index contributed by atoms with van der Waals surface area (Å²) in [5.74, 6) is 0. The molecule has 0 unspecified atom stereocenters. The van der Waals surface area contributed by atoms with E-state index in [0.717, 1.165) is 17.1 Å². The van der Waals surface area contributed by atoms with Crippen molar-refractivity contribution in [2.75, 3.05) is 4.90 Å². The summed E-state index contributed by atoms with van der Waals surface area (Å²) in [6.07, 6.45) is 0. The molecule has 1 heteroatoms. The van der Waals surface area contributed by atoms with Gasteiger partial charge in [-0.1, -0.05) is 237 Å². The van der Waals surface area contributed by atoms with E-state index in [0.29, 0.717) is 0 Å². The minimum atomic E-state index is -0.534. The van der Waals surface area contributed by atoms with Crippen molar-refractivity contribution in [3.63, 3.8) is 0 Å². The Morgan fingerprint density at radius 3 is 1.00 bits per heavy atom. The summed E-state index contributed by atoms with van der Waals surface area (Å²) in [5.41, 5.74) is 25.6. The predicted molar refractivity (Wildman–Crippen MR) is 312 cm³/mol. The van der Waals surface area contributed by atoms with Crippen LogP contribution in [0.25, 0.3) is 88.0 Å². The van der Waals surface area contributed by atoms with Crippen LogP contribution in [0.2, 0.25) is 0 Å². The Labute approximate surface area is 435 Å². The van der Waals surface area contributed by atoms with Gasteiger partial charge in [-0.15, -0.1) is 0 Å². The number of benzene rings is 13. The quantitative estimate of drug-likeness (QED) is 0.159. The molecule has 2 spiro atoms. The zero-order valence-electron chi connectivity index (χ0n) is 40.9. The molecule has 346 valence electrons. The molecule has 4 aliphatic rings. The lowest BCUT2D eigenvalue weighted by Crippen LogP contribution is -2.26. The van der Waals surface area contributed by atoms with E-state index in [1.54, 1.807) is 0 Å². The Morgan fingerprint density at radius 2 is 0.533 bits per heavy atom. The summed E-state index contributed by atoms with van der Waals surface area (Å²) in [6, 6.07) is 104. The molecule has 13 aromatic rings. The molecular formula is C74H45N. The molecule has 4 aliphatic carbocycles. The lowest BCUT2D eigenvalue weighted by atomic mass is 9.70. The van der Waals surface area contributed by atoms with Crippen molar-refractivity contribution in [1.29, 1.82) is 0 Å². The highest BCUT2D eigenvalue weighted by molar-refractivity contribution is 6.26. The van der Waals surface area contributed by atoms with E-state index in [-0.39, 0.29) is 0 Å². The van der Waals surface area contributed by atoms with Crippen LogP contribution in [0.5, 0.6) is 0 Å².